The van der Waals surface area contributed by atoms with Crippen LogP contribution in [0.4, 0.5) is 4.39 Å². The molecule has 12 heavy (non-hydrogen) atoms. The van der Waals surface area contributed by atoms with E-state index in [0.717, 1.165) is 0 Å². The average Bonchev–Trinajstić information content (AvgIpc) is 1.96. The standard InChI is InChI=1S/C8H8Cl2FN/c1-4(12)6-2-5(9)3-7(10)8(6)11/h2-4H,12H2,1H3/t4-/m1/s1. The van der Waals surface area contributed by atoms with E-state index in [0.29, 0.717) is 10.6 Å². The Labute approximate surface area is 80.3 Å². The predicted molar refractivity (Wildman–Crippen MR) is 49.0 cm³/mol. The maximum Gasteiger partial charge on any atom is 0.146 e. The van der Waals surface area contributed by atoms with E-state index in [-0.39, 0.29) is 5.02 Å². The van der Waals surface area contributed by atoms with Gasteiger partial charge in [0.2, 0.25) is 0 Å². The van der Waals surface area contributed by atoms with Crippen LogP contribution in [0, 0.1) is 5.82 Å². The molecule has 0 aromatic heterocycles. The summed E-state index contributed by atoms with van der Waals surface area (Å²) in [5.74, 6) is -0.490. The van der Waals surface area contributed by atoms with Gasteiger partial charge in [-0.3, -0.25) is 0 Å². The highest BCUT2D eigenvalue weighted by molar-refractivity contribution is 6.34. The van der Waals surface area contributed by atoms with Gasteiger partial charge in [0.15, 0.2) is 0 Å². The number of halogens is 3. The fourth-order valence-electron chi connectivity index (χ4n) is 0.907. The molecule has 0 aliphatic heterocycles. The van der Waals surface area contributed by atoms with E-state index in [1.54, 1.807) is 6.92 Å². The molecule has 1 aromatic rings. The second-order valence-corrected chi connectivity index (χ2v) is 3.42. The molecule has 0 aliphatic rings. The van der Waals surface area contributed by atoms with Crippen molar-refractivity contribution >= 4 is 23.2 Å². The molecule has 0 amide bonds. The van der Waals surface area contributed by atoms with Crippen LogP contribution in [0.5, 0.6) is 0 Å². The SMILES string of the molecule is C[C@@H](N)c1cc(Cl)cc(Cl)c1F. The summed E-state index contributed by atoms with van der Waals surface area (Å²) >= 11 is 11.2. The smallest absolute Gasteiger partial charge is 0.146 e. The van der Waals surface area contributed by atoms with E-state index < -0.39 is 11.9 Å². The van der Waals surface area contributed by atoms with Gasteiger partial charge in [-0.2, -0.15) is 0 Å². The van der Waals surface area contributed by atoms with Gasteiger partial charge in [0.25, 0.3) is 0 Å². The average molecular weight is 208 g/mol. The number of hydrogen-bond acceptors (Lipinski definition) is 1. The zero-order valence-corrected chi connectivity index (χ0v) is 7.96. The van der Waals surface area contributed by atoms with Gasteiger partial charge in [-0.25, -0.2) is 4.39 Å². The van der Waals surface area contributed by atoms with E-state index in [9.17, 15) is 4.39 Å². The van der Waals surface area contributed by atoms with E-state index in [1.807, 2.05) is 0 Å². The number of hydrogen-bond donors (Lipinski definition) is 1. The summed E-state index contributed by atoms with van der Waals surface area (Å²) in [4.78, 5) is 0. The summed E-state index contributed by atoms with van der Waals surface area (Å²) < 4.78 is 13.2. The number of rotatable bonds is 1. The molecular weight excluding hydrogens is 200 g/mol. The van der Waals surface area contributed by atoms with Crippen molar-refractivity contribution in [1.29, 1.82) is 0 Å². The van der Waals surface area contributed by atoms with E-state index in [4.69, 9.17) is 28.9 Å². The summed E-state index contributed by atoms with van der Waals surface area (Å²) in [6.45, 7) is 1.67. The van der Waals surface area contributed by atoms with Gasteiger partial charge in [-0.05, 0) is 19.1 Å². The zero-order chi connectivity index (χ0) is 9.30. The lowest BCUT2D eigenvalue weighted by atomic mass is 10.1. The molecule has 0 radical (unpaired) electrons. The van der Waals surface area contributed by atoms with Crippen LogP contribution in [0.25, 0.3) is 0 Å². The maximum absolute atomic E-state index is 13.2. The van der Waals surface area contributed by atoms with Crippen LogP contribution in [0.1, 0.15) is 18.5 Å². The quantitative estimate of drug-likeness (QED) is 0.704. The minimum absolute atomic E-state index is 0.00907. The molecule has 66 valence electrons. The summed E-state index contributed by atoms with van der Waals surface area (Å²) in [6, 6.07) is 2.43. The topological polar surface area (TPSA) is 26.0 Å². The van der Waals surface area contributed by atoms with Crippen molar-refractivity contribution in [2.45, 2.75) is 13.0 Å². The molecule has 0 saturated carbocycles. The van der Waals surface area contributed by atoms with Gasteiger partial charge in [0, 0.05) is 16.6 Å². The van der Waals surface area contributed by atoms with Crippen LogP contribution in [0.2, 0.25) is 10.0 Å². The van der Waals surface area contributed by atoms with Gasteiger partial charge in [0.05, 0.1) is 5.02 Å². The largest absolute Gasteiger partial charge is 0.324 e. The van der Waals surface area contributed by atoms with Crippen LogP contribution in [0.15, 0.2) is 12.1 Å². The van der Waals surface area contributed by atoms with Crippen molar-refractivity contribution in [1.82, 2.24) is 0 Å². The Bertz CT molecular complexity index is 299. The van der Waals surface area contributed by atoms with Gasteiger partial charge >= 0.3 is 0 Å². The molecule has 0 saturated heterocycles. The van der Waals surface area contributed by atoms with Crippen LogP contribution in [-0.2, 0) is 0 Å². The summed E-state index contributed by atoms with van der Waals surface area (Å²) in [5.41, 5.74) is 5.84. The van der Waals surface area contributed by atoms with Crippen LogP contribution in [-0.4, -0.2) is 0 Å². The molecular formula is C8H8Cl2FN. The third-order valence-electron chi connectivity index (χ3n) is 1.51. The summed E-state index contributed by atoms with van der Waals surface area (Å²) in [6.07, 6.45) is 0. The molecule has 0 unspecified atom stereocenters. The first-order valence-corrected chi connectivity index (χ1v) is 4.18. The molecule has 1 nitrogen and oxygen atoms in total. The van der Waals surface area contributed by atoms with Crippen molar-refractivity contribution in [2.75, 3.05) is 0 Å². The summed E-state index contributed by atoms with van der Waals surface area (Å²) in [7, 11) is 0. The van der Waals surface area contributed by atoms with Gasteiger partial charge < -0.3 is 5.73 Å². The molecule has 0 spiro atoms. The highest BCUT2D eigenvalue weighted by Gasteiger charge is 2.11. The fourth-order valence-corrected chi connectivity index (χ4v) is 1.42. The molecule has 1 rings (SSSR count). The summed E-state index contributed by atoms with van der Waals surface area (Å²) in [5, 5.41) is 0.406. The number of benzene rings is 1. The Hall–Kier alpha value is -0.310. The van der Waals surface area contributed by atoms with Crippen molar-refractivity contribution in [2.24, 2.45) is 5.73 Å². The van der Waals surface area contributed by atoms with Crippen molar-refractivity contribution in [3.8, 4) is 0 Å². The first-order valence-electron chi connectivity index (χ1n) is 3.42. The Kier molecular flexibility index (Phi) is 2.94. The molecule has 0 aliphatic carbocycles. The Balaban J connectivity index is 3.28. The van der Waals surface area contributed by atoms with Gasteiger partial charge in [0.1, 0.15) is 5.82 Å². The minimum Gasteiger partial charge on any atom is -0.324 e. The molecule has 0 heterocycles. The Morgan fingerprint density at radius 1 is 1.42 bits per heavy atom. The first kappa shape index (κ1) is 9.78. The minimum atomic E-state index is -0.490. The molecule has 1 aromatic carbocycles. The van der Waals surface area contributed by atoms with Gasteiger partial charge in [-0.15, -0.1) is 0 Å². The Morgan fingerprint density at radius 3 is 2.50 bits per heavy atom. The van der Waals surface area contributed by atoms with Gasteiger partial charge in [-0.1, -0.05) is 23.2 Å². The monoisotopic (exact) mass is 207 g/mol. The third kappa shape index (κ3) is 1.89. The first-order chi connectivity index (χ1) is 5.52. The lowest BCUT2D eigenvalue weighted by Crippen LogP contribution is -2.07. The van der Waals surface area contributed by atoms with Crippen LogP contribution < -0.4 is 5.73 Å². The third-order valence-corrected chi connectivity index (χ3v) is 2.00. The second kappa shape index (κ2) is 3.60. The van der Waals surface area contributed by atoms with Crippen molar-refractivity contribution in [3.05, 3.63) is 33.6 Å². The maximum atomic E-state index is 13.2. The fraction of sp³-hybridized carbons (Fsp3) is 0.250. The highest BCUT2D eigenvalue weighted by atomic mass is 35.5. The van der Waals surface area contributed by atoms with E-state index in [2.05, 4.69) is 0 Å². The molecule has 1 atom stereocenters. The zero-order valence-electron chi connectivity index (χ0n) is 6.44. The number of nitrogens with two attached hydrogens (primary N) is 1. The lowest BCUT2D eigenvalue weighted by molar-refractivity contribution is 0.594. The lowest BCUT2D eigenvalue weighted by Gasteiger charge is -2.08. The molecule has 0 bridgehead atoms. The van der Waals surface area contributed by atoms with Crippen molar-refractivity contribution < 1.29 is 4.39 Å². The highest BCUT2D eigenvalue weighted by Crippen LogP contribution is 2.26. The predicted octanol–water partition coefficient (Wildman–Crippen LogP) is 3.15. The molecule has 0 fully saturated rings. The van der Waals surface area contributed by atoms with Crippen LogP contribution >= 0.6 is 23.2 Å². The van der Waals surface area contributed by atoms with Crippen LogP contribution in [0.3, 0.4) is 0 Å². The second-order valence-electron chi connectivity index (χ2n) is 2.58. The normalized spacial score (nSPS) is 13.1. The molecule has 2 N–H and O–H groups in total. The molecule has 4 heteroatoms. The Morgan fingerprint density at radius 2 is 2.00 bits per heavy atom. The van der Waals surface area contributed by atoms with Crippen molar-refractivity contribution in [3.63, 3.8) is 0 Å². The van der Waals surface area contributed by atoms with E-state index >= 15 is 0 Å². The van der Waals surface area contributed by atoms with E-state index in [1.165, 1.54) is 12.1 Å².